The Balaban J connectivity index is 2.49. The van der Waals surface area contributed by atoms with Gasteiger partial charge in [0.1, 0.15) is 5.75 Å². The summed E-state index contributed by atoms with van der Waals surface area (Å²) in [7, 11) is 1.98. The zero-order chi connectivity index (χ0) is 12.4. The summed E-state index contributed by atoms with van der Waals surface area (Å²) in [6.45, 7) is 5.22. The van der Waals surface area contributed by atoms with Crippen molar-refractivity contribution in [1.82, 2.24) is 9.88 Å². The van der Waals surface area contributed by atoms with Crippen LogP contribution in [0.4, 0.5) is 0 Å². The Bertz CT molecular complexity index is 516. The van der Waals surface area contributed by atoms with Crippen LogP contribution in [0.1, 0.15) is 19.4 Å². The molecule has 3 nitrogen and oxygen atoms in total. The number of fused-ring (bicyclic) bond motifs is 1. The fourth-order valence-corrected chi connectivity index (χ4v) is 2.21. The molecule has 0 saturated heterocycles. The van der Waals surface area contributed by atoms with Gasteiger partial charge in [-0.3, -0.25) is 0 Å². The number of nitrogens with one attached hydrogen (secondary N) is 1. The number of aromatic nitrogens is 1. The number of aromatic hydroxyl groups is 1. The fraction of sp³-hybridized carbons (Fsp3) is 0.429. The summed E-state index contributed by atoms with van der Waals surface area (Å²) in [6, 6.07) is 6.07. The Morgan fingerprint density at radius 2 is 2.18 bits per heavy atom. The molecule has 1 heterocycles. The minimum absolute atomic E-state index is 0.332. The lowest BCUT2D eigenvalue weighted by molar-refractivity contribution is 0.476. The van der Waals surface area contributed by atoms with Gasteiger partial charge in [-0.15, -0.1) is 0 Å². The molecule has 0 aliphatic heterocycles. The highest BCUT2D eigenvalue weighted by atomic mass is 16.3. The highest BCUT2D eigenvalue weighted by Gasteiger charge is 2.10. The zero-order valence-corrected chi connectivity index (χ0v) is 10.7. The molecule has 0 spiro atoms. The van der Waals surface area contributed by atoms with Gasteiger partial charge in [-0.1, -0.05) is 0 Å². The molecule has 1 aromatic carbocycles. The van der Waals surface area contributed by atoms with Gasteiger partial charge in [-0.25, -0.2) is 0 Å². The lowest BCUT2D eigenvalue weighted by Crippen LogP contribution is -2.23. The van der Waals surface area contributed by atoms with E-state index in [1.165, 1.54) is 10.9 Å². The predicted octanol–water partition coefficient (Wildman–Crippen LogP) is 2.52. The van der Waals surface area contributed by atoms with Crippen LogP contribution in [0.5, 0.6) is 5.75 Å². The molecule has 92 valence electrons. The number of likely N-dealkylation sites (N-methyl/N-ethyl adjacent to an activating group) is 1. The van der Waals surface area contributed by atoms with Crippen molar-refractivity contribution in [2.45, 2.75) is 32.9 Å². The summed E-state index contributed by atoms with van der Waals surface area (Å²) in [6.07, 6.45) is 3.20. The van der Waals surface area contributed by atoms with E-state index < -0.39 is 0 Å². The minimum atomic E-state index is 0.332. The van der Waals surface area contributed by atoms with Crippen LogP contribution in [0.2, 0.25) is 0 Å². The Labute approximate surface area is 102 Å². The fourth-order valence-electron chi connectivity index (χ4n) is 2.21. The van der Waals surface area contributed by atoms with Crippen LogP contribution in [0.15, 0.2) is 24.4 Å². The maximum atomic E-state index is 9.56. The first kappa shape index (κ1) is 12.0. The van der Waals surface area contributed by atoms with Crippen molar-refractivity contribution in [3.8, 4) is 5.75 Å². The molecule has 2 aromatic rings. The number of rotatable bonds is 4. The normalized spacial score (nSPS) is 13.1. The number of phenolic OH excluding ortho intramolecular Hbond substituents is 1. The van der Waals surface area contributed by atoms with Gasteiger partial charge in [0.15, 0.2) is 0 Å². The quantitative estimate of drug-likeness (QED) is 0.850. The summed E-state index contributed by atoms with van der Waals surface area (Å²) in [5.41, 5.74) is 2.45. The van der Waals surface area contributed by atoms with Crippen molar-refractivity contribution in [2.75, 3.05) is 7.05 Å². The Morgan fingerprint density at radius 1 is 1.41 bits per heavy atom. The van der Waals surface area contributed by atoms with Crippen molar-refractivity contribution in [1.29, 1.82) is 0 Å². The number of phenols is 1. The SMILES string of the molecule is CCn1cc(CC(C)NC)c2ccc(O)cc21. The molecule has 0 fully saturated rings. The summed E-state index contributed by atoms with van der Waals surface area (Å²) in [5.74, 6) is 0.332. The second kappa shape index (κ2) is 4.80. The molecule has 0 aliphatic rings. The van der Waals surface area contributed by atoms with Crippen molar-refractivity contribution in [2.24, 2.45) is 0 Å². The largest absolute Gasteiger partial charge is 0.508 e. The van der Waals surface area contributed by atoms with Gasteiger partial charge in [0.2, 0.25) is 0 Å². The monoisotopic (exact) mass is 232 g/mol. The van der Waals surface area contributed by atoms with E-state index in [-0.39, 0.29) is 0 Å². The maximum Gasteiger partial charge on any atom is 0.117 e. The molecule has 0 bridgehead atoms. The third kappa shape index (κ3) is 2.29. The van der Waals surface area contributed by atoms with Crippen LogP contribution >= 0.6 is 0 Å². The standard InChI is InChI=1S/C14H20N2O/c1-4-16-9-11(7-10(2)15-3)13-6-5-12(17)8-14(13)16/h5-6,8-10,15,17H,4,7H2,1-3H3. The second-order valence-corrected chi connectivity index (χ2v) is 4.54. The molecule has 0 aliphatic carbocycles. The Hall–Kier alpha value is -1.48. The first-order valence-corrected chi connectivity index (χ1v) is 6.13. The molecule has 3 heteroatoms. The van der Waals surface area contributed by atoms with Crippen molar-refractivity contribution in [3.05, 3.63) is 30.0 Å². The van der Waals surface area contributed by atoms with Crippen LogP contribution in [0, 0.1) is 0 Å². The van der Waals surface area contributed by atoms with Gasteiger partial charge in [-0.2, -0.15) is 0 Å². The molecule has 2 N–H and O–H groups in total. The molecule has 1 atom stereocenters. The molecule has 1 unspecified atom stereocenters. The number of hydrogen-bond donors (Lipinski definition) is 2. The van der Waals surface area contributed by atoms with E-state index in [1.54, 1.807) is 6.07 Å². The third-order valence-corrected chi connectivity index (χ3v) is 3.31. The molecular formula is C14H20N2O. The van der Waals surface area contributed by atoms with Crippen molar-refractivity contribution in [3.63, 3.8) is 0 Å². The first-order chi connectivity index (χ1) is 8.15. The van der Waals surface area contributed by atoms with Crippen LogP contribution in [0.3, 0.4) is 0 Å². The van der Waals surface area contributed by atoms with E-state index in [0.29, 0.717) is 11.8 Å². The number of benzene rings is 1. The zero-order valence-electron chi connectivity index (χ0n) is 10.7. The Morgan fingerprint density at radius 3 is 2.82 bits per heavy atom. The van der Waals surface area contributed by atoms with E-state index in [4.69, 9.17) is 0 Å². The lowest BCUT2D eigenvalue weighted by atomic mass is 10.1. The summed E-state index contributed by atoms with van der Waals surface area (Å²) in [5, 5.41) is 14.1. The van der Waals surface area contributed by atoms with E-state index >= 15 is 0 Å². The van der Waals surface area contributed by atoms with E-state index in [0.717, 1.165) is 18.5 Å². The smallest absolute Gasteiger partial charge is 0.117 e. The highest BCUT2D eigenvalue weighted by molar-refractivity contribution is 5.85. The number of nitrogens with zero attached hydrogens (tertiary/aromatic N) is 1. The lowest BCUT2D eigenvalue weighted by Gasteiger charge is -2.08. The van der Waals surface area contributed by atoms with Crippen LogP contribution in [-0.4, -0.2) is 22.8 Å². The van der Waals surface area contributed by atoms with Crippen LogP contribution in [-0.2, 0) is 13.0 Å². The van der Waals surface area contributed by atoms with Gasteiger partial charge in [-0.05, 0) is 45.0 Å². The second-order valence-electron chi connectivity index (χ2n) is 4.54. The summed E-state index contributed by atoms with van der Waals surface area (Å²) in [4.78, 5) is 0. The number of hydrogen-bond acceptors (Lipinski definition) is 2. The molecule has 1 aromatic heterocycles. The molecule has 0 amide bonds. The topological polar surface area (TPSA) is 37.2 Å². The third-order valence-electron chi connectivity index (χ3n) is 3.31. The molecule has 0 saturated carbocycles. The van der Waals surface area contributed by atoms with Gasteiger partial charge < -0.3 is 15.0 Å². The molecule has 2 rings (SSSR count). The van der Waals surface area contributed by atoms with Crippen LogP contribution < -0.4 is 5.32 Å². The van der Waals surface area contributed by atoms with Gasteiger partial charge >= 0.3 is 0 Å². The minimum Gasteiger partial charge on any atom is -0.508 e. The molecule has 17 heavy (non-hydrogen) atoms. The van der Waals surface area contributed by atoms with Crippen molar-refractivity contribution < 1.29 is 5.11 Å². The van der Waals surface area contributed by atoms with Crippen molar-refractivity contribution >= 4 is 10.9 Å². The predicted molar refractivity (Wildman–Crippen MR) is 71.5 cm³/mol. The van der Waals surface area contributed by atoms with Gasteiger partial charge in [0.05, 0.1) is 5.52 Å². The summed E-state index contributed by atoms with van der Waals surface area (Å²) >= 11 is 0. The van der Waals surface area contributed by atoms with Gasteiger partial charge in [0.25, 0.3) is 0 Å². The van der Waals surface area contributed by atoms with E-state index in [2.05, 4.69) is 29.9 Å². The Kier molecular flexibility index (Phi) is 3.38. The molecule has 0 radical (unpaired) electrons. The van der Waals surface area contributed by atoms with E-state index in [9.17, 15) is 5.11 Å². The molecular weight excluding hydrogens is 212 g/mol. The highest BCUT2D eigenvalue weighted by Crippen LogP contribution is 2.26. The average Bonchev–Trinajstić information content (AvgIpc) is 2.66. The average molecular weight is 232 g/mol. The summed E-state index contributed by atoms with van der Waals surface area (Å²) < 4.78 is 2.19. The maximum absolute atomic E-state index is 9.56. The first-order valence-electron chi connectivity index (χ1n) is 6.13. The van der Waals surface area contributed by atoms with Crippen LogP contribution in [0.25, 0.3) is 10.9 Å². The van der Waals surface area contributed by atoms with E-state index in [1.807, 2.05) is 19.2 Å². The number of aryl methyl sites for hydroxylation is 1. The van der Waals surface area contributed by atoms with Gasteiger partial charge in [0, 0.05) is 30.2 Å².